The van der Waals surface area contributed by atoms with Crippen molar-refractivity contribution in [2.75, 3.05) is 17.3 Å². The first-order valence-corrected chi connectivity index (χ1v) is 8.75. The molecule has 1 heterocycles. The molecule has 0 aromatic heterocycles. The van der Waals surface area contributed by atoms with Crippen molar-refractivity contribution in [2.24, 2.45) is 0 Å². The quantitative estimate of drug-likeness (QED) is 0.712. The summed E-state index contributed by atoms with van der Waals surface area (Å²) in [6, 6.07) is 19.4. The monoisotopic (exact) mass is 374 g/mol. The molecule has 2 N–H and O–H groups in total. The Bertz CT molecular complexity index is 1060. The smallest absolute Gasteiger partial charge is 0.335 e. The average molecular weight is 374 g/mol. The number of ether oxygens (including phenoxy) is 1. The summed E-state index contributed by atoms with van der Waals surface area (Å²) in [4.78, 5) is 26.4. The van der Waals surface area contributed by atoms with Gasteiger partial charge in [0.2, 0.25) is 0 Å². The van der Waals surface area contributed by atoms with Crippen LogP contribution in [0, 0.1) is 0 Å². The molecule has 3 aromatic rings. The molecule has 4 rings (SSSR count). The van der Waals surface area contributed by atoms with E-state index in [2.05, 4.69) is 5.32 Å². The van der Waals surface area contributed by atoms with Crippen LogP contribution in [0.2, 0.25) is 0 Å². The zero-order valence-corrected chi connectivity index (χ0v) is 15.2. The van der Waals surface area contributed by atoms with Crippen LogP contribution in [0.15, 0.2) is 66.7 Å². The van der Waals surface area contributed by atoms with Crippen LogP contribution < -0.4 is 15.0 Å². The van der Waals surface area contributed by atoms with E-state index in [0.717, 1.165) is 11.3 Å². The van der Waals surface area contributed by atoms with Crippen molar-refractivity contribution in [1.29, 1.82) is 0 Å². The number of carbonyl (C=O) groups is 2. The third-order valence-corrected chi connectivity index (χ3v) is 4.71. The van der Waals surface area contributed by atoms with Crippen LogP contribution in [0.1, 0.15) is 26.3 Å². The van der Waals surface area contributed by atoms with Gasteiger partial charge in [-0.25, -0.2) is 4.79 Å². The van der Waals surface area contributed by atoms with Crippen LogP contribution in [0.4, 0.5) is 17.1 Å². The van der Waals surface area contributed by atoms with E-state index in [1.807, 2.05) is 42.5 Å². The Morgan fingerprint density at radius 3 is 2.50 bits per heavy atom. The van der Waals surface area contributed by atoms with Gasteiger partial charge in [0.15, 0.2) is 0 Å². The van der Waals surface area contributed by atoms with Crippen molar-refractivity contribution in [3.05, 3.63) is 83.4 Å². The fourth-order valence-electron chi connectivity index (χ4n) is 3.24. The Morgan fingerprint density at radius 2 is 1.79 bits per heavy atom. The molecule has 1 aliphatic heterocycles. The lowest BCUT2D eigenvalue weighted by atomic mass is 10.1. The summed E-state index contributed by atoms with van der Waals surface area (Å²) in [5.41, 5.74) is 3.45. The summed E-state index contributed by atoms with van der Waals surface area (Å²) in [7, 11) is 1.60. The summed E-state index contributed by atoms with van der Waals surface area (Å²) >= 11 is 0. The summed E-state index contributed by atoms with van der Waals surface area (Å²) in [5.74, 6) is -0.506. The maximum absolute atomic E-state index is 13.3. The van der Waals surface area contributed by atoms with Gasteiger partial charge in [0.1, 0.15) is 5.75 Å². The van der Waals surface area contributed by atoms with Crippen molar-refractivity contribution in [1.82, 2.24) is 0 Å². The van der Waals surface area contributed by atoms with Gasteiger partial charge in [0.25, 0.3) is 5.91 Å². The first-order valence-electron chi connectivity index (χ1n) is 8.75. The van der Waals surface area contributed by atoms with E-state index in [1.165, 1.54) is 12.1 Å². The van der Waals surface area contributed by atoms with Crippen LogP contribution in [0.5, 0.6) is 5.75 Å². The molecule has 0 saturated heterocycles. The first kappa shape index (κ1) is 17.6. The molecule has 0 spiro atoms. The minimum Gasteiger partial charge on any atom is -0.497 e. The highest BCUT2D eigenvalue weighted by molar-refractivity contribution is 6.14. The fraction of sp³-hybridized carbons (Fsp3) is 0.0909. The van der Waals surface area contributed by atoms with Crippen molar-refractivity contribution in [2.45, 2.75) is 6.54 Å². The van der Waals surface area contributed by atoms with Crippen LogP contribution in [-0.4, -0.2) is 24.1 Å². The number of hydrogen-bond donors (Lipinski definition) is 2. The van der Waals surface area contributed by atoms with E-state index in [9.17, 15) is 14.7 Å². The molecule has 0 aliphatic carbocycles. The maximum Gasteiger partial charge on any atom is 0.335 e. The number of para-hydroxylation sites is 1. The molecule has 28 heavy (non-hydrogen) atoms. The van der Waals surface area contributed by atoms with Crippen molar-refractivity contribution in [3.8, 4) is 5.75 Å². The fourth-order valence-corrected chi connectivity index (χ4v) is 3.24. The zero-order valence-electron chi connectivity index (χ0n) is 15.2. The topological polar surface area (TPSA) is 78.9 Å². The Hall–Kier alpha value is -3.80. The third-order valence-electron chi connectivity index (χ3n) is 4.71. The first-order chi connectivity index (χ1) is 13.6. The second-order valence-electron chi connectivity index (χ2n) is 6.45. The van der Waals surface area contributed by atoms with E-state index in [4.69, 9.17) is 4.74 Å². The molecule has 1 amide bonds. The average Bonchev–Trinajstić information content (AvgIpc) is 2.83. The standard InChI is InChI=1S/C22H18N2O4/c1-28-16-9-6-14(7-10-16)13-24-20-12-15(22(26)27)8-11-19(20)23-18-5-3-2-4-17(18)21(24)25/h2-12,23H,13H2,1H3,(H,26,27). The van der Waals surface area contributed by atoms with Crippen molar-refractivity contribution in [3.63, 3.8) is 0 Å². The molecule has 140 valence electrons. The highest BCUT2D eigenvalue weighted by atomic mass is 16.5. The number of nitrogens with one attached hydrogen (secondary N) is 1. The van der Waals surface area contributed by atoms with E-state index >= 15 is 0 Å². The predicted molar refractivity (Wildman–Crippen MR) is 107 cm³/mol. The van der Waals surface area contributed by atoms with Gasteiger partial charge < -0.3 is 20.1 Å². The van der Waals surface area contributed by atoms with Gasteiger partial charge in [-0.05, 0) is 48.0 Å². The van der Waals surface area contributed by atoms with Gasteiger partial charge in [-0.1, -0.05) is 24.3 Å². The molecule has 0 bridgehead atoms. The number of aromatic carboxylic acids is 1. The van der Waals surface area contributed by atoms with Crippen molar-refractivity contribution >= 4 is 28.9 Å². The molecule has 0 saturated carbocycles. The van der Waals surface area contributed by atoms with E-state index < -0.39 is 5.97 Å². The van der Waals surface area contributed by atoms with Crippen LogP contribution in [-0.2, 0) is 6.54 Å². The summed E-state index contributed by atoms with van der Waals surface area (Å²) in [6.45, 7) is 0.301. The highest BCUT2D eigenvalue weighted by Crippen LogP contribution is 2.37. The van der Waals surface area contributed by atoms with Crippen LogP contribution >= 0.6 is 0 Å². The van der Waals surface area contributed by atoms with E-state index in [-0.39, 0.29) is 11.5 Å². The number of carboxylic acids is 1. The number of fused-ring (bicyclic) bond motifs is 2. The Balaban J connectivity index is 1.82. The van der Waals surface area contributed by atoms with Crippen LogP contribution in [0.25, 0.3) is 0 Å². The van der Waals surface area contributed by atoms with Crippen LogP contribution in [0.3, 0.4) is 0 Å². The minimum absolute atomic E-state index is 0.124. The number of carboxylic acid groups (broad SMARTS) is 1. The Morgan fingerprint density at radius 1 is 1.04 bits per heavy atom. The Kier molecular flexibility index (Phi) is 4.45. The van der Waals surface area contributed by atoms with Gasteiger partial charge in [0, 0.05) is 0 Å². The molecule has 0 atom stereocenters. The molecular weight excluding hydrogens is 356 g/mol. The molecule has 1 aliphatic rings. The minimum atomic E-state index is -1.04. The number of benzene rings is 3. The normalized spacial score (nSPS) is 12.5. The summed E-state index contributed by atoms with van der Waals surface area (Å²) < 4.78 is 5.19. The zero-order chi connectivity index (χ0) is 19.7. The highest BCUT2D eigenvalue weighted by Gasteiger charge is 2.27. The number of carbonyl (C=O) groups excluding carboxylic acids is 1. The number of rotatable bonds is 4. The summed E-state index contributed by atoms with van der Waals surface area (Å²) in [5, 5.41) is 12.7. The molecular formula is C22H18N2O4. The number of hydrogen-bond acceptors (Lipinski definition) is 4. The molecule has 3 aromatic carbocycles. The summed E-state index contributed by atoms with van der Waals surface area (Å²) in [6.07, 6.45) is 0. The van der Waals surface area contributed by atoms with Gasteiger partial charge in [-0.2, -0.15) is 0 Å². The number of amides is 1. The number of methoxy groups -OCH3 is 1. The van der Waals surface area contributed by atoms with E-state index in [1.54, 1.807) is 24.1 Å². The lowest BCUT2D eigenvalue weighted by molar-refractivity contribution is 0.0696. The molecule has 0 unspecified atom stereocenters. The molecule has 6 nitrogen and oxygen atoms in total. The van der Waals surface area contributed by atoms with Gasteiger partial charge in [0.05, 0.1) is 41.8 Å². The Labute approximate surface area is 162 Å². The number of anilines is 3. The predicted octanol–water partition coefficient (Wildman–Crippen LogP) is 4.30. The number of nitrogens with zero attached hydrogens (tertiary/aromatic N) is 1. The largest absolute Gasteiger partial charge is 0.497 e. The lowest BCUT2D eigenvalue weighted by Gasteiger charge is -2.23. The molecule has 0 radical (unpaired) electrons. The van der Waals surface area contributed by atoms with Gasteiger partial charge in [-0.15, -0.1) is 0 Å². The SMILES string of the molecule is COc1ccc(CN2C(=O)c3ccccc3Nc3ccc(C(=O)O)cc32)cc1. The molecule has 6 heteroatoms. The molecule has 0 fully saturated rings. The third kappa shape index (κ3) is 3.16. The second-order valence-corrected chi connectivity index (χ2v) is 6.45. The van der Waals surface area contributed by atoms with Crippen molar-refractivity contribution < 1.29 is 19.4 Å². The lowest BCUT2D eigenvalue weighted by Crippen LogP contribution is -2.30. The van der Waals surface area contributed by atoms with E-state index in [0.29, 0.717) is 29.2 Å². The maximum atomic E-state index is 13.3. The second kappa shape index (κ2) is 7.08. The van der Waals surface area contributed by atoms with Gasteiger partial charge >= 0.3 is 5.97 Å². The van der Waals surface area contributed by atoms with Gasteiger partial charge in [-0.3, -0.25) is 4.79 Å².